The molecule has 1 aliphatic rings. The fraction of sp³-hybridized carbons (Fsp3) is 0.360. The Balaban J connectivity index is 1.87. The number of hydrogen-bond acceptors (Lipinski definition) is 5. The van der Waals surface area contributed by atoms with Crippen molar-refractivity contribution in [2.75, 3.05) is 41.0 Å². The van der Waals surface area contributed by atoms with E-state index in [9.17, 15) is 4.79 Å². The Bertz CT molecular complexity index is 1240. The van der Waals surface area contributed by atoms with Gasteiger partial charge < -0.3 is 29.4 Å². The molecule has 4 rings (SSSR count). The number of H-pyrrole nitrogens is 1. The van der Waals surface area contributed by atoms with E-state index in [1.165, 1.54) is 0 Å². The molecule has 0 unspecified atom stereocenters. The molecule has 1 atom stereocenters. The van der Waals surface area contributed by atoms with E-state index in [4.69, 9.17) is 26.4 Å². The molecule has 3 aromatic rings. The van der Waals surface area contributed by atoms with E-state index in [1.54, 1.807) is 21.3 Å². The summed E-state index contributed by atoms with van der Waals surface area (Å²) in [6.07, 6.45) is 0.767. The molecule has 1 aromatic heterocycles. The quantitative estimate of drug-likeness (QED) is 0.425. The number of thiocarbonyl (C=S) groups is 1. The van der Waals surface area contributed by atoms with Gasteiger partial charge in [0.1, 0.15) is 0 Å². The largest absolute Gasteiger partial charge is 0.493 e. The van der Waals surface area contributed by atoms with Gasteiger partial charge >= 0.3 is 0 Å². The maximum atomic E-state index is 13.3. The summed E-state index contributed by atoms with van der Waals surface area (Å²) >= 11 is 5.75. The Kier molecular flexibility index (Phi) is 6.85. The predicted molar refractivity (Wildman–Crippen MR) is 134 cm³/mol. The molecule has 8 heteroatoms. The lowest BCUT2D eigenvalue weighted by molar-refractivity contribution is 0.202. The fourth-order valence-corrected chi connectivity index (χ4v) is 4.70. The third-order valence-corrected chi connectivity index (χ3v) is 6.42. The SMILES string of the molecule is COCCNC(=S)N1CCc2cc(OC)c(OC)cc2[C@H]1c1cc2ccc(C)cc2[nH]c1=O. The zero-order valence-electron chi connectivity index (χ0n) is 19.4. The summed E-state index contributed by atoms with van der Waals surface area (Å²) in [6, 6.07) is 11.6. The van der Waals surface area contributed by atoms with Gasteiger partial charge in [0.25, 0.3) is 5.56 Å². The predicted octanol–water partition coefficient (Wildman–Crippen LogP) is 3.32. The van der Waals surface area contributed by atoms with Crippen LogP contribution in [-0.2, 0) is 11.2 Å². The summed E-state index contributed by atoms with van der Waals surface area (Å²) in [5.41, 5.74) is 4.50. The van der Waals surface area contributed by atoms with Crippen LogP contribution in [0.25, 0.3) is 10.9 Å². The van der Waals surface area contributed by atoms with Crippen LogP contribution in [0.2, 0.25) is 0 Å². The molecule has 2 N–H and O–H groups in total. The van der Waals surface area contributed by atoms with E-state index in [1.807, 2.05) is 43.3 Å². The van der Waals surface area contributed by atoms with E-state index in [-0.39, 0.29) is 11.6 Å². The lowest BCUT2D eigenvalue weighted by Gasteiger charge is -2.39. The van der Waals surface area contributed by atoms with Gasteiger partial charge in [-0.05, 0) is 71.9 Å². The first-order valence-corrected chi connectivity index (χ1v) is 11.3. The van der Waals surface area contributed by atoms with Crippen molar-refractivity contribution in [1.82, 2.24) is 15.2 Å². The highest BCUT2D eigenvalue weighted by Crippen LogP contribution is 2.40. The number of rotatable bonds is 6. The molecular formula is C25H29N3O4S. The van der Waals surface area contributed by atoms with Crippen LogP contribution in [0.15, 0.2) is 41.2 Å². The molecule has 0 amide bonds. The number of aromatic amines is 1. The van der Waals surface area contributed by atoms with Crippen LogP contribution < -0.4 is 20.3 Å². The van der Waals surface area contributed by atoms with Gasteiger partial charge in [-0.1, -0.05) is 12.1 Å². The van der Waals surface area contributed by atoms with Crippen molar-refractivity contribution < 1.29 is 14.2 Å². The van der Waals surface area contributed by atoms with Crippen molar-refractivity contribution in [3.63, 3.8) is 0 Å². The number of nitrogens with zero attached hydrogens (tertiary/aromatic N) is 1. The van der Waals surface area contributed by atoms with Gasteiger partial charge in [-0.25, -0.2) is 0 Å². The van der Waals surface area contributed by atoms with Crippen LogP contribution >= 0.6 is 12.2 Å². The second-order valence-electron chi connectivity index (χ2n) is 8.12. The second-order valence-corrected chi connectivity index (χ2v) is 8.51. The lowest BCUT2D eigenvalue weighted by atomic mass is 9.88. The minimum absolute atomic E-state index is 0.134. The average molecular weight is 468 g/mol. The molecule has 0 fully saturated rings. The van der Waals surface area contributed by atoms with Gasteiger partial charge in [0.2, 0.25) is 0 Å². The molecule has 0 aliphatic carbocycles. The molecule has 1 aliphatic heterocycles. The Morgan fingerprint density at radius 3 is 2.61 bits per heavy atom. The number of fused-ring (bicyclic) bond motifs is 2. The Hall–Kier alpha value is -3.10. The van der Waals surface area contributed by atoms with E-state index in [0.717, 1.165) is 34.0 Å². The molecule has 0 saturated heterocycles. The number of benzene rings is 2. The minimum Gasteiger partial charge on any atom is -0.493 e. The van der Waals surface area contributed by atoms with Crippen LogP contribution in [-0.4, -0.2) is 56.0 Å². The molecule has 0 spiro atoms. The van der Waals surface area contributed by atoms with Gasteiger partial charge in [0.15, 0.2) is 16.6 Å². The zero-order chi connectivity index (χ0) is 23.5. The number of nitrogens with one attached hydrogen (secondary N) is 2. The lowest BCUT2D eigenvalue weighted by Crippen LogP contribution is -2.47. The molecule has 0 saturated carbocycles. The number of pyridine rings is 1. The Morgan fingerprint density at radius 2 is 1.88 bits per heavy atom. The topological polar surface area (TPSA) is 75.8 Å². The number of ether oxygens (including phenoxy) is 3. The zero-order valence-corrected chi connectivity index (χ0v) is 20.2. The molecule has 174 valence electrons. The first kappa shape index (κ1) is 23.1. The highest BCUT2D eigenvalue weighted by molar-refractivity contribution is 7.80. The van der Waals surface area contributed by atoms with Crippen molar-refractivity contribution in [2.45, 2.75) is 19.4 Å². The molecule has 2 heterocycles. The second kappa shape index (κ2) is 9.80. The summed E-state index contributed by atoms with van der Waals surface area (Å²) in [5.74, 6) is 1.29. The van der Waals surface area contributed by atoms with Crippen molar-refractivity contribution in [2.24, 2.45) is 0 Å². The standard InChI is InChI=1S/C25H29N3O4S/c1-15-5-6-17-12-19(24(29)27-20(17)11-15)23-18-14-22(32-4)21(31-3)13-16(18)7-9-28(23)25(33)26-8-10-30-2/h5-6,11-14,23H,7-10H2,1-4H3,(H,26,33)(H,27,29)/t23-/m0/s1. The summed E-state index contributed by atoms with van der Waals surface area (Å²) < 4.78 is 16.3. The molecule has 0 bridgehead atoms. The average Bonchev–Trinajstić information content (AvgIpc) is 2.82. The van der Waals surface area contributed by atoms with Crippen molar-refractivity contribution in [1.29, 1.82) is 0 Å². The van der Waals surface area contributed by atoms with E-state index in [2.05, 4.69) is 15.2 Å². The maximum Gasteiger partial charge on any atom is 0.254 e. The van der Waals surface area contributed by atoms with E-state index >= 15 is 0 Å². The number of hydrogen-bond donors (Lipinski definition) is 2. The van der Waals surface area contributed by atoms with Crippen LogP contribution in [0, 0.1) is 6.92 Å². The molecule has 0 radical (unpaired) electrons. The molecular weight excluding hydrogens is 438 g/mol. The van der Waals surface area contributed by atoms with Crippen LogP contribution in [0.4, 0.5) is 0 Å². The monoisotopic (exact) mass is 467 g/mol. The number of aromatic nitrogens is 1. The Labute approximate surface area is 198 Å². The highest BCUT2D eigenvalue weighted by atomic mass is 32.1. The third-order valence-electron chi connectivity index (χ3n) is 6.04. The summed E-state index contributed by atoms with van der Waals surface area (Å²) in [4.78, 5) is 18.5. The van der Waals surface area contributed by atoms with Gasteiger partial charge in [-0.3, -0.25) is 4.79 Å². The Morgan fingerprint density at radius 1 is 1.12 bits per heavy atom. The number of methoxy groups -OCH3 is 3. The molecule has 33 heavy (non-hydrogen) atoms. The molecule has 2 aromatic carbocycles. The van der Waals surface area contributed by atoms with Crippen molar-refractivity contribution >= 4 is 28.2 Å². The van der Waals surface area contributed by atoms with Crippen LogP contribution in [0.1, 0.15) is 28.3 Å². The third kappa shape index (κ3) is 4.54. The molecule has 7 nitrogen and oxygen atoms in total. The van der Waals surface area contributed by atoms with Crippen LogP contribution in [0.5, 0.6) is 11.5 Å². The first-order chi connectivity index (χ1) is 16.0. The van der Waals surface area contributed by atoms with Gasteiger partial charge in [0.05, 0.1) is 26.9 Å². The van der Waals surface area contributed by atoms with Crippen LogP contribution in [0.3, 0.4) is 0 Å². The van der Waals surface area contributed by atoms with Crippen molar-refractivity contribution in [3.05, 3.63) is 69.0 Å². The summed E-state index contributed by atoms with van der Waals surface area (Å²) in [7, 11) is 4.89. The van der Waals surface area contributed by atoms with Gasteiger partial charge in [0, 0.05) is 31.3 Å². The summed E-state index contributed by atoms with van der Waals surface area (Å²) in [5, 5.41) is 4.82. The van der Waals surface area contributed by atoms with Gasteiger partial charge in [-0.2, -0.15) is 0 Å². The van der Waals surface area contributed by atoms with Gasteiger partial charge in [-0.15, -0.1) is 0 Å². The minimum atomic E-state index is -0.370. The maximum absolute atomic E-state index is 13.3. The number of aryl methyl sites for hydroxylation is 1. The first-order valence-electron chi connectivity index (χ1n) is 10.9. The smallest absolute Gasteiger partial charge is 0.254 e. The van der Waals surface area contributed by atoms with E-state index < -0.39 is 0 Å². The fourth-order valence-electron chi connectivity index (χ4n) is 4.40. The van der Waals surface area contributed by atoms with E-state index in [0.29, 0.717) is 41.9 Å². The summed E-state index contributed by atoms with van der Waals surface area (Å²) in [6.45, 7) is 3.80. The highest BCUT2D eigenvalue weighted by Gasteiger charge is 2.33. The van der Waals surface area contributed by atoms with Crippen molar-refractivity contribution in [3.8, 4) is 11.5 Å². The normalized spacial score (nSPS) is 15.3.